The number of benzene rings is 1. The van der Waals surface area contributed by atoms with Gasteiger partial charge in [0.05, 0.1) is 5.75 Å². The predicted octanol–water partition coefficient (Wildman–Crippen LogP) is 1.02. The van der Waals surface area contributed by atoms with E-state index < -0.39 is 0 Å². The number of nitrogens with one attached hydrogen (secondary N) is 1. The summed E-state index contributed by atoms with van der Waals surface area (Å²) >= 11 is 1.44. The molecule has 0 radical (unpaired) electrons. The molecule has 0 saturated carbocycles. The van der Waals surface area contributed by atoms with E-state index in [4.69, 9.17) is 11.5 Å². The number of amides is 1. The Labute approximate surface area is 99.8 Å². The SMILES string of the molecule is NCCCNc1ccccc1SCC(N)=O. The molecular weight excluding hydrogens is 222 g/mol. The minimum absolute atomic E-state index is 0.301. The van der Waals surface area contributed by atoms with E-state index in [0.717, 1.165) is 23.5 Å². The number of nitrogens with two attached hydrogens (primary N) is 2. The molecule has 0 heterocycles. The van der Waals surface area contributed by atoms with Crippen LogP contribution in [0, 0.1) is 0 Å². The average molecular weight is 239 g/mol. The van der Waals surface area contributed by atoms with E-state index >= 15 is 0 Å². The quantitative estimate of drug-likeness (QED) is 0.490. The zero-order valence-electron chi connectivity index (χ0n) is 9.11. The second-order valence-corrected chi connectivity index (χ2v) is 4.34. The van der Waals surface area contributed by atoms with Gasteiger partial charge in [0.1, 0.15) is 0 Å². The Bertz CT molecular complexity index is 344. The molecule has 0 aliphatic heterocycles. The van der Waals surface area contributed by atoms with Gasteiger partial charge in [-0.15, -0.1) is 11.8 Å². The Morgan fingerprint density at radius 2 is 2.12 bits per heavy atom. The third-order valence-corrected chi connectivity index (χ3v) is 3.05. The molecule has 0 aliphatic rings. The number of para-hydroxylation sites is 1. The van der Waals surface area contributed by atoms with E-state index in [-0.39, 0.29) is 5.91 Å². The number of carbonyl (C=O) groups is 1. The van der Waals surface area contributed by atoms with Crippen LogP contribution in [0.1, 0.15) is 6.42 Å². The normalized spacial score (nSPS) is 10.1. The molecular formula is C11H17N3OS. The molecule has 1 aromatic carbocycles. The first-order chi connectivity index (χ1) is 7.74. The summed E-state index contributed by atoms with van der Waals surface area (Å²) in [6.45, 7) is 1.51. The van der Waals surface area contributed by atoms with Gasteiger partial charge >= 0.3 is 0 Å². The van der Waals surface area contributed by atoms with Crippen molar-refractivity contribution in [2.24, 2.45) is 11.5 Å². The van der Waals surface area contributed by atoms with Gasteiger partial charge in [-0.1, -0.05) is 12.1 Å². The molecule has 1 rings (SSSR count). The minimum atomic E-state index is -0.304. The van der Waals surface area contributed by atoms with Crippen molar-refractivity contribution in [3.63, 3.8) is 0 Å². The smallest absolute Gasteiger partial charge is 0.227 e. The van der Waals surface area contributed by atoms with Crippen LogP contribution in [0.3, 0.4) is 0 Å². The fraction of sp³-hybridized carbons (Fsp3) is 0.364. The van der Waals surface area contributed by atoms with Crippen LogP contribution in [-0.2, 0) is 4.79 Å². The number of anilines is 1. The largest absolute Gasteiger partial charge is 0.384 e. The summed E-state index contributed by atoms with van der Waals surface area (Å²) in [5.41, 5.74) is 11.6. The van der Waals surface area contributed by atoms with Gasteiger partial charge < -0.3 is 16.8 Å². The van der Waals surface area contributed by atoms with Crippen molar-refractivity contribution in [2.45, 2.75) is 11.3 Å². The fourth-order valence-electron chi connectivity index (χ4n) is 1.21. The summed E-state index contributed by atoms with van der Waals surface area (Å²) in [5.74, 6) is -0.00275. The predicted molar refractivity (Wildman–Crippen MR) is 68.5 cm³/mol. The molecule has 16 heavy (non-hydrogen) atoms. The molecule has 5 heteroatoms. The molecule has 0 saturated heterocycles. The summed E-state index contributed by atoms with van der Waals surface area (Å²) < 4.78 is 0. The number of thioether (sulfide) groups is 1. The molecule has 4 nitrogen and oxygen atoms in total. The van der Waals surface area contributed by atoms with E-state index in [1.807, 2.05) is 24.3 Å². The highest BCUT2D eigenvalue weighted by atomic mass is 32.2. The summed E-state index contributed by atoms with van der Waals surface area (Å²) in [4.78, 5) is 11.7. The summed E-state index contributed by atoms with van der Waals surface area (Å²) in [6.07, 6.45) is 0.925. The molecule has 0 spiro atoms. The van der Waals surface area contributed by atoms with Gasteiger partial charge in [-0.05, 0) is 25.1 Å². The maximum Gasteiger partial charge on any atom is 0.227 e. The van der Waals surface area contributed by atoms with Gasteiger partial charge in [0.25, 0.3) is 0 Å². The molecule has 5 N–H and O–H groups in total. The third kappa shape index (κ3) is 4.55. The number of primary amides is 1. The van der Waals surface area contributed by atoms with E-state index in [2.05, 4.69) is 5.32 Å². The van der Waals surface area contributed by atoms with Gasteiger partial charge in [-0.25, -0.2) is 0 Å². The average Bonchev–Trinajstić information content (AvgIpc) is 2.28. The van der Waals surface area contributed by atoms with Crippen molar-refractivity contribution in [2.75, 3.05) is 24.2 Å². The lowest BCUT2D eigenvalue weighted by atomic mass is 10.3. The highest BCUT2D eigenvalue weighted by Crippen LogP contribution is 2.26. The van der Waals surface area contributed by atoms with Crippen LogP contribution in [0.5, 0.6) is 0 Å². The third-order valence-electron chi connectivity index (χ3n) is 1.95. The molecule has 1 aromatic rings. The fourth-order valence-corrected chi connectivity index (χ4v) is 1.98. The molecule has 0 aliphatic carbocycles. The summed E-state index contributed by atoms with van der Waals surface area (Å²) in [6, 6.07) is 7.86. The van der Waals surface area contributed by atoms with Crippen LogP contribution < -0.4 is 16.8 Å². The zero-order valence-corrected chi connectivity index (χ0v) is 9.93. The molecule has 0 fully saturated rings. The first-order valence-electron chi connectivity index (χ1n) is 5.18. The minimum Gasteiger partial charge on any atom is -0.384 e. The van der Waals surface area contributed by atoms with Gasteiger partial charge in [0, 0.05) is 17.1 Å². The summed E-state index contributed by atoms with van der Waals surface area (Å²) in [7, 11) is 0. The van der Waals surface area contributed by atoms with Crippen molar-refractivity contribution in [3.8, 4) is 0 Å². The molecule has 88 valence electrons. The van der Waals surface area contributed by atoms with Gasteiger partial charge in [0.15, 0.2) is 0 Å². The molecule has 0 bridgehead atoms. The number of carbonyl (C=O) groups excluding carboxylic acids is 1. The molecule has 0 unspecified atom stereocenters. The Morgan fingerprint density at radius 3 is 2.81 bits per heavy atom. The lowest BCUT2D eigenvalue weighted by Crippen LogP contribution is -2.13. The molecule has 0 aromatic heterocycles. The van der Waals surface area contributed by atoms with Crippen molar-refractivity contribution in [3.05, 3.63) is 24.3 Å². The Kier molecular flexibility index (Phi) is 5.74. The lowest BCUT2D eigenvalue weighted by Gasteiger charge is -2.10. The van der Waals surface area contributed by atoms with Crippen molar-refractivity contribution >= 4 is 23.4 Å². The Balaban J connectivity index is 2.56. The second-order valence-electron chi connectivity index (χ2n) is 3.32. The van der Waals surface area contributed by atoms with Crippen molar-refractivity contribution in [1.29, 1.82) is 0 Å². The molecule has 1 amide bonds. The van der Waals surface area contributed by atoms with Crippen molar-refractivity contribution < 1.29 is 4.79 Å². The lowest BCUT2D eigenvalue weighted by molar-refractivity contribution is -0.115. The maximum absolute atomic E-state index is 10.7. The topological polar surface area (TPSA) is 81.1 Å². The Morgan fingerprint density at radius 1 is 1.38 bits per heavy atom. The van der Waals surface area contributed by atoms with E-state index in [1.165, 1.54) is 11.8 Å². The van der Waals surface area contributed by atoms with E-state index in [9.17, 15) is 4.79 Å². The first kappa shape index (κ1) is 12.9. The highest BCUT2D eigenvalue weighted by Gasteiger charge is 2.03. The standard InChI is InChI=1S/C11H17N3OS/c12-6-3-7-14-9-4-1-2-5-10(9)16-8-11(13)15/h1-2,4-5,14H,3,6-8,12H2,(H2,13,15). The maximum atomic E-state index is 10.7. The zero-order chi connectivity index (χ0) is 11.8. The highest BCUT2D eigenvalue weighted by molar-refractivity contribution is 8.00. The van der Waals surface area contributed by atoms with Gasteiger partial charge in [-0.3, -0.25) is 4.79 Å². The van der Waals surface area contributed by atoms with Crippen LogP contribution in [0.25, 0.3) is 0 Å². The first-order valence-corrected chi connectivity index (χ1v) is 6.16. The monoisotopic (exact) mass is 239 g/mol. The van der Waals surface area contributed by atoms with Crippen LogP contribution >= 0.6 is 11.8 Å². The van der Waals surface area contributed by atoms with E-state index in [0.29, 0.717) is 12.3 Å². The number of hydrogen-bond acceptors (Lipinski definition) is 4. The van der Waals surface area contributed by atoms with Crippen LogP contribution in [0.2, 0.25) is 0 Å². The van der Waals surface area contributed by atoms with Crippen molar-refractivity contribution in [1.82, 2.24) is 0 Å². The number of hydrogen-bond donors (Lipinski definition) is 3. The van der Waals surface area contributed by atoms with Crippen LogP contribution in [0.4, 0.5) is 5.69 Å². The second kappa shape index (κ2) is 7.14. The van der Waals surface area contributed by atoms with Crippen LogP contribution in [-0.4, -0.2) is 24.7 Å². The van der Waals surface area contributed by atoms with Gasteiger partial charge in [0.2, 0.25) is 5.91 Å². The molecule has 0 atom stereocenters. The summed E-state index contributed by atoms with van der Waals surface area (Å²) in [5, 5.41) is 3.28. The number of rotatable bonds is 7. The van der Waals surface area contributed by atoms with E-state index in [1.54, 1.807) is 0 Å². The van der Waals surface area contributed by atoms with Crippen LogP contribution in [0.15, 0.2) is 29.2 Å². The Hall–Kier alpha value is -1.20. The van der Waals surface area contributed by atoms with Gasteiger partial charge in [-0.2, -0.15) is 0 Å².